The maximum atomic E-state index is 12.2. The van der Waals surface area contributed by atoms with Crippen LogP contribution in [0.2, 0.25) is 0 Å². The number of carbonyl (C=O) groups excluding carboxylic acids is 1. The molecule has 0 bridgehead atoms. The molecule has 7 nitrogen and oxygen atoms in total. The van der Waals surface area contributed by atoms with Crippen LogP contribution < -0.4 is 20.9 Å². The number of piperidine rings is 1. The van der Waals surface area contributed by atoms with Crippen molar-refractivity contribution in [3.05, 3.63) is 24.4 Å². The number of rotatable bonds is 7. The third-order valence-corrected chi connectivity index (χ3v) is 4.74. The Labute approximate surface area is 186 Å². The molecular weight excluding hydrogens is 467 g/mol. The summed E-state index contributed by atoms with van der Waals surface area (Å²) in [6.45, 7) is 11.7. The van der Waals surface area contributed by atoms with Gasteiger partial charge >= 0.3 is 0 Å². The van der Waals surface area contributed by atoms with Gasteiger partial charge in [-0.1, -0.05) is 6.07 Å². The largest absolute Gasteiger partial charge is 0.357 e. The van der Waals surface area contributed by atoms with Crippen LogP contribution >= 0.6 is 24.0 Å². The minimum atomic E-state index is -0.527. The fourth-order valence-electron chi connectivity index (χ4n) is 3.06. The highest BCUT2D eigenvalue weighted by atomic mass is 127. The van der Waals surface area contributed by atoms with Gasteiger partial charge in [0.1, 0.15) is 5.82 Å². The Morgan fingerprint density at radius 1 is 1.21 bits per heavy atom. The first kappa shape index (κ1) is 24.5. The Bertz CT molecular complexity index is 614. The first-order valence-corrected chi connectivity index (χ1v) is 9.95. The lowest BCUT2D eigenvalue weighted by Gasteiger charge is -2.34. The third kappa shape index (κ3) is 7.44. The number of aliphatic imine (C=N–C) groups is 1. The van der Waals surface area contributed by atoms with Gasteiger partial charge in [-0.2, -0.15) is 0 Å². The highest BCUT2D eigenvalue weighted by Crippen LogP contribution is 2.18. The van der Waals surface area contributed by atoms with Crippen molar-refractivity contribution in [2.24, 2.45) is 10.4 Å². The van der Waals surface area contributed by atoms with Crippen LogP contribution in [-0.2, 0) is 4.79 Å². The molecule has 2 rings (SSSR count). The molecule has 0 aromatic carbocycles. The average molecular weight is 502 g/mol. The molecule has 0 spiro atoms. The van der Waals surface area contributed by atoms with Crippen molar-refractivity contribution in [3.8, 4) is 0 Å². The standard InChI is InChI=1S/C20H34N6O.HI/c1-5-21-18(27)20(3,4)15-24-19(22-6-2)25-16-10-13-26(14-11-16)17-9-7-8-12-23-17;/h7-9,12,16H,5-6,10-11,13-15H2,1-4H3,(H,21,27)(H2,22,24,25);1H. The molecule has 0 atom stereocenters. The zero-order chi connectivity index (χ0) is 19.7. The molecule has 0 unspecified atom stereocenters. The maximum absolute atomic E-state index is 12.2. The fraction of sp³-hybridized carbons (Fsp3) is 0.650. The van der Waals surface area contributed by atoms with E-state index in [9.17, 15) is 4.79 Å². The fourth-order valence-corrected chi connectivity index (χ4v) is 3.06. The lowest BCUT2D eigenvalue weighted by molar-refractivity contribution is -0.128. The van der Waals surface area contributed by atoms with Crippen molar-refractivity contribution in [1.82, 2.24) is 20.9 Å². The molecule has 1 amide bonds. The van der Waals surface area contributed by atoms with Crippen LogP contribution in [0.3, 0.4) is 0 Å². The summed E-state index contributed by atoms with van der Waals surface area (Å²) >= 11 is 0. The van der Waals surface area contributed by atoms with Gasteiger partial charge in [0.2, 0.25) is 5.91 Å². The van der Waals surface area contributed by atoms with Crippen molar-refractivity contribution in [2.75, 3.05) is 37.6 Å². The number of aromatic nitrogens is 1. The number of halogens is 1. The first-order valence-electron chi connectivity index (χ1n) is 9.95. The smallest absolute Gasteiger partial charge is 0.227 e. The number of hydrogen-bond donors (Lipinski definition) is 3. The van der Waals surface area contributed by atoms with Gasteiger partial charge in [-0.05, 0) is 52.7 Å². The van der Waals surface area contributed by atoms with Crippen molar-refractivity contribution in [1.29, 1.82) is 0 Å². The second-order valence-electron chi connectivity index (χ2n) is 7.53. The van der Waals surface area contributed by atoms with Gasteiger partial charge in [-0.25, -0.2) is 4.98 Å². The zero-order valence-electron chi connectivity index (χ0n) is 17.5. The predicted octanol–water partition coefficient (Wildman–Crippen LogP) is 2.39. The van der Waals surface area contributed by atoms with Crippen LogP contribution in [0.5, 0.6) is 0 Å². The van der Waals surface area contributed by atoms with E-state index in [0.717, 1.165) is 44.3 Å². The Morgan fingerprint density at radius 2 is 1.89 bits per heavy atom. The molecule has 8 heteroatoms. The molecule has 0 radical (unpaired) electrons. The van der Waals surface area contributed by atoms with Crippen molar-refractivity contribution >= 4 is 41.7 Å². The van der Waals surface area contributed by atoms with Crippen LogP contribution in [0.15, 0.2) is 29.4 Å². The number of amides is 1. The summed E-state index contributed by atoms with van der Waals surface area (Å²) in [5.41, 5.74) is -0.527. The average Bonchev–Trinajstić information content (AvgIpc) is 2.68. The molecule has 3 N–H and O–H groups in total. The molecule has 1 fully saturated rings. The van der Waals surface area contributed by atoms with E-state index in [0.29, 0.717) is 19.1 Å². The number of nitrogens with one attached hydrogen (secondary N) is 3. The van der Waals surface area contributed by atoms with E-state index in [-0.39, 0.29) is 29.9 Å². The van der Waals surface area contributed by atoms with Crippen LogP contribution in [0, 0.1) is 5.41 Å². The van der Waals surface area contributed by atoms with Crippen LogP contribution in [0.4, 0.5) is 5.82 Å². The normalized spacial score (nSPS) is 15.6. The molecule has 1 saturated heterocycles. The van der Waals surface area contributed by atoms with E-state index in [2.05, 4.69) is 43.8 Å². The van der Waals surface area contributed by atoms with Gasteiger partial charge < -0.3 is 20.9 Å². The SMILES string of the molecule is CCNC(=O)C(C)(C)CN=C(NCC)NC1CCN(c2ccccn2)CC1.I. The molecular formula is C20H35IN6O. The summed E-state index contributed by atoms with van der Waals surface area (Å²) in [5, 5.41) is 9.71. The second-order valence-corrected chi connectivity index (χ2v) is 7.53. The predicted molar refractivity (Wildman–Crippen MR) is 126 cm³/mol. The van der Waals surface area contributed by atoms with Gasteiger partial charge in [-0.15, -0.1) is 24.0 Å². The zero-order valence-corrected chi connectivity index (χ0v) is 19.8. The second kappa shape index (κ2) is 12.1. The summed E-state index contributed by atoms with van der Waals surface area (Å²) in [4.78, 5) is 23.6. The summed E-state index contributed by atoms with van der Waals surface area (Å²) in [7, 11) is 0. The van der Waals surface area contributed by atoms with Crippen molar-refractivity contribution in [2.45, 2.75) is 46.6 Å². The van der Waals surface area contributed by atoms with Crippen LogP contribution in [-0.4, -0.2) is 55.6 Å². The van der Waals surface area contributed by atoms with Crippen molar-refractivity contribution < 1.29 is 4.79 Å². The monoisotopic (exact) mass is 502 g/mol. The van der Waals surface area contributed by atoms with Crippen molar-refractivity contribution in [3.63, 3.8) is 0 Å². The molecule has 0 aliphatic carbocycles. The van der Waals surface area contributed by atoms with E-state index in [1.807, 2.05) is 39.1 Å². The molecule has 2 heterocycles. The van der Waals surface area contributed by atoms with Gasteiger partial charge in [0.25, 0.3) is 0 Å². The Balaban J connectivity index is 0.00000392. The number of carbonyl (C=O) groups is 1. The number of hydrogen-bond acceptors (Lipinski definition) is 4. The van der Waals surface area contributed by atoms with Crippen LogP contribution in [0.1, 0.15) is 40.5 Å². The van der Waals surface area contributed by atoms with E-state index in [1.165, 1.54) is 0 Å². The van der Waals surface area contributed by atoms with Gasteiger partial charge in [-0.3, -0.25) is 9.79 Å². The lowest BCUT2D eigenvalue weighted by Crippen LogP contribution is -2.49. The summed E-state index contributed by atoms with van der Waals surface area (Å²) < 4.78 is 0. The van der Waals surface area contributed by atoms with E-state index < -0.39 is 5.41 Å². The molecule has 1 aromatic rings. The highest BCUT2D eigenvalue weighted by molar-refractivity contribution is 14.0. The van der Waals surface area contributed by atoms with E-state index >= 15 is 0 Å². The van der Waals surface area contributed by atoms with Crippen LogP contribution in [0.25, 0.3) is 0 Å². The molecule has 1 aliphatic heterocycles. The van der Waals surface area contributed by atoms with Gasteiger partial charge in [0, 0.05) is 38.4 Å². The molecule has 1 aliphatic rings. The quantitative estimate of drug-likeness (QED) is 0.303. The number of guanidine groups is 1. The molecule has 1 aromatic heterocycles. The highest BCUT2D eigenvalue weighted by Gasteiger charge is 2.27. The lowest BCUT2D eigenvalue weighted by atomic mass is 9.92. The number of nitrogens with zero attached hydrogens (tertiary/aromatic N) is 3. The Hall–Kier alpha value is -1.58. The summed E-state index contributed by atoms with van der Waals surface area (Å²) in [6, 6.07) is 6.40. The van der Waals surface area contributed by atoms with Gasteiger partial charge in [0.15, 0.2) is 5.96 Å². The first-order chi connectivity index (χ1) is 13.0. The maximum Gasteiger partial charge on any atom is 0.227 e. The van der Waals surface area contributed by atoms with Gasteiger partial charge in [0.05, 0.1) is 12.0 Å². The number of pyridine rings is 1. The third-order valence-electron chi connectivity index (χ3n) is 4.74. The molecule has 158 valence electrons. The van der Waals surface area contributed by atoms with E-state index in [4.69, 9.17) is 0 Å². The van der Waals surface area contributed by atoms with E-state index in [1.54, 1.807) is 0 Å². The Morgan fingerprint density at radius 3 is 2.46 bits per heavy atom. The minimum absolute atomic E-state index is 0. The molecule has 28 heavy (non-hydrogen) atoms. The summed E-state index contributed by atoms with van der Waals surface area (Å²) in [6.07, 6.45) is 3.90. The minimum Gasteiger partial charge on any atom is -0.357 e. The topological polar surface area (TPSA) is 81.6 Å². The molecule has 0 saturated carbocycles. The summed E-state index contributed by atoms with van der Waals surface area (Å²) in [5.74, 6) is 1.86. The Kier molecular flexibility index (Phi) is 10.6. The number of anilines is 1.